The Morgan fingerprint density at radius 3 is 2.96 bits per heavy atom. The van der Waals surface area contributed by atoms with Crippen LogP contribution in [0.4, 0.5) is 0 Å². The van der Waals surface area contributed by atoms with Crippen LogP contribution in [0.3, 0.4) is 0 Å². The summed E-state index contributed by atoms with van der Waals surface area (Å²) in [7, 11) is 3.95. The molecule has 2 aliphatic rings. The highest BCUT2D eigenvalue weighted by atomic mass is 32.1. The van der Waals surface area contributed by atoms with E-state index in [1.807, 2.05) is 25.3 Å². The largest absolute Gasteiger partial charge is 0.356 e. The Balaban J connectivity index is 1.32. The molecule has 0 saturated carbocycles. The summed E-state index contributed by atoms with van der Waals surface area (Å²) in [6.07, 6.45) is 7.09. The molecule has 1 aliphatic carbocycles. The number of hydrogen-bond acceptors (Lipinski definition) is 5. The van der Waals surface area contributed by atoms with E-state index in [-0.39, 0.29) is 0 Å². The van der Waals surface area contributed by atoms with Crippen LogP contribution in [0.2, 0.25) is 0 Å². The molecule has 4 rings (SSSR count). The smallest absolute Gasteiger partial charge is 0.193 e. The van der Waals surface area contributed by atoms with Crippen molar-refractivity contribution in [2.45, 2.75) is 58.5 Å². The van der Waals surface area contributed by atoms with Crippen molar-refractivity contribution in [2.75, 3.05) is 20.6 Å². The molecule has 0 saturated heterocycles. The highest BCUT2D eigenvalue weighted by Gasteiger charge is 2.22. The second kappa shape index (κ2) is 7.96. The molecule has 1 unspecified atom stereocenters. The quantitative estimate of drug-likeness (QED) is 0.643. The molecule has 0 radical (unpaired) electrons. The number of aliphatic imine (C=N–C) groups is 1. The van der Waals surface area contributed by atoms with Gasteiger partial charge in [0.05, 0.1) is 12.2 Å². The maximum atomic E-state index is 4.86. The lowest BCUT2D eigenvalue weighted by atomic mass is 9.99. The van der Waals surface area contributed by atoms with E-state index in [0.29, 0.717) is 5.92 Å². The van der Waals surface area contributed by atoms with Gasteiger partial charge in [-0.2, -0.15) is 0 Å². The Bertz CT molecular complexity index is 799. The first-order valence-corrected chi connectivity index (χ1v) is 10.7. The zero-order chi connectivity index (χ0) is 18.8. The van der Waals surface area contributed by atoms with E-state index < -0.39 is 0 Å². The number of hydrogen-bond donors (Lipinski definition) is 1. The van der Waals surface area contributed by atoms with Crippen molar-refractivity contribution in [3.63, 3.8) is 0 Å². The Morgan fingerprint density at radius 1 is 1.30 bits per heavy atom. The fourth-order valence-corrected chi connectivity index (χ4v) is 5.28. The first-order valence-electron chi connectivity index (χ1n) is 9.92. The molecule has 0 spiro atoms. The molecule has 0 fully saturated rings. The van der Waals surface area contributed by atoms with Gasteiger partial charge < -0.3 is 14.8 Å². The lowest BCUT2D eigenvalue weighted by Gasteiger charge is -2.27. The molecule has 3 heterocycles. The Kier molecular flexibility index (Phi) is 5.43. The minimum Gasteiger partial charge on any atom is -0.356 e. The van der Waals surface area contributed by atoms with Crippen molar-refractivity contribution < 1.29 is 0 Å². The molecule has 2 aromatic heterocycles. The summed E-state index contributed by atoms with van der Waals surface area (Å²) in [5.41, 5.74) is 1.33. The van der Waals surface area contributed by atoms with Gasteiger partial charge in [-0.25, -0.2) is 4.98 Å². The van der Waals surface area contributed by atoms with Crippen LogP contribution in [0, 0.1) is 12.8 Å². The summed E-state index contributed by atoms with van der Waals surface area (Å²) in [5, 5.41) is 13.2. The van der Waals surface area contributed by atoms with Gasteiger partial charge in [-0.3, -0.25) is 4.99 Å². The maximum Gasteiger partial charge on any atom is 0.193 e. The number of nitrogens with zero attached hydrogens (tertiary/aromatic N) is 6. The van der Waals surface area contributed by atoms with Gasteiger partial charge in [0.1, 0.15) is 16.7 Å². The number of fused-ring (bicyclic) bond motifs is 2. The third-order valence-corrected chi connectivity index (χ3v) is 6.76. The van der Waals surface area contributed by atoms with Crippen LogP contribution in [0.25, 0.3) is 0 Å². The fraction of sp³-hybridized carbons (Fsp3) is 0.684. The summed E-state index contributed by atoms with van der Waals surface area (Å²) in [6.45, 7) is 4.76. The summed E-state index contributed by atoms with van der Waals surface area (Å²) in [5.74, 6) is 3.65. The molecule has 0 bridgehead atoms. The monoisotopic (exact) mass is 387 g/mol. The summed E-state index contributed by atoms with van der Waals surface area (Å²) in [4.78, 5) is 13.0. The summed E-state index contributed by atoms with van der Waals surface area (Å²) >= 11 is 1.88. The number of guanidine groups is 1. The van der Waals surface area contributed by atoms with Gasteiger partial charge >= 0.3 is 0 Å². The number of nitrogens with one attached hydrogen (secondary N) is 1. The average molecular weight is 388 g/mol. The normalized spacial score (nSPS) is 19.5. The first kappa shape index (κ1) is 18.4. The number of thiazole rings is 1. The minimum absolute atomic E-state index is 0.574. The average Bonchev–Trinajstić information content (AvgIpc) is 3.25. The molecule has 1 atom stereocenters. The van der Waals surface area contributed by atoms with Crippen molar-refractivity contribution in [3.8, 4) is 0 Å². The minimum atomic E-state index is 0.574. The van der Waals surface area contributed by atoms with E-state index in [9.17, 15) is 0 Å². The van der Waals surface area contributed by atoms with E-state index >= 15 is 0 Å². The Morgan fingerprint density at radius 2 is 2.15 bits per heavy atom. The third-order valence-electron chi connectivity index (χ3n) is 5.61. The summed E-state index contributed by atoms with van der Waals surface area (Å²) < 4.78 is 2.25. The van der Waals surface area contributed by atoms with E-state index in [2.05, 4.69) is 37.0 Å². The van der Waals surface area contributed by atoms with Gasteiger partial charge in [0.2, 0.25) is 0 Å². The molecule has 7 nitrogen and oxygen atoms in total. The van der Waals surface area contributed by atoms with Gasteiger partial charge in [0.25, 0.3) is 0 Å². The number of aromatic nitrogens is 4. The molecule has 146 valence electrons. The first-order chi connectivity index (χ1) is 13.1. The molecule has 1 aliphatic heterocycles. The van der Waals surface area contributed by atoms with E-state index in [0.717, 1.165) is 56.5 Å². The molecule has 8 heteroatoms. The highest BCUT2D eigenvalue weighted by molar-refractivity contribution is 7.11. The SMILES string of the molecule is CN=C(NCC1CCc2nnc(C)n2C1)N(C)Cc1nc2c(s1)CCCC2. The molecular formula is C19H29N7S. The summed E-state index contributed by atoms with van der Waals surface area (Å²) in [6, 6.07) is 0. The van der Waals surface area contributed by atoms with Crippen molar-refractivity contribution in [1.29, 1.82) is 0 Å². The third kappa shape index (κ3) is 4.00. The maximum absolute atomic E-state index is 4.86. The molecular weight excluding hydrogens is 358 g/mol. The van der Waals surface area contributed by atoms with Gasteiger partial charge in [-0.1, -0.05) is 0 Å². The van der Waals surface area contributed by atoms with E-state index in [1.165, 1.54) is 34.8 Å². The lowest BCUT2D eigenvalue weighted by molar-refractivity contribution is 0.352. The van der Waals surface area contributed by atoms with Crippen molar-refractivity contribution in [1.82, 2.24) is 30.0 Å². The van der Waals surface area contributed by atoms with Gasteiger partial charge in [0.15, 0.2) is 5.96 Å². The molecule has 0 amide bonds. The van der Waals surface area contributed by atoms with Crippen molar-refractivity contribution >= 4 is 17.3 Å². The second-order valence-corrected chi connectivity index (χ2v) is 8.82. The zero-order valence-electron chi connectivity index (χ0n) is 16.5. The zero-order valence-corrected chi connectivity index (χ0v) is 17.3. The predicted molar refractivity (Wildman–Crippen MR) is 108 cm³/mol. The number of rotatable bonds is 4. The van der Waals surface area contributed by atoms with Crippen LogP contribution >= 0.6 is 11.3 Å². The molecule has 2 aromatic rings. The van der Waals surface area contributed by atoms with Crippen LogP contribution in [-0.2, 0) is 32.4 Å². The van der Waals surface area contributed by atoms with E-state index in [4.69, 9.17) is 4.98 Å². The Labute approximate surface area is 164 Å². The Hall–Kier alpha value is -1.96. The molecule has 27 heavy (non-hydrogen) atoms. The standard InChI is InChI=1S/C19H29N7S/c1-13-23-24-17-9-8-14(11-26(13)17)10-21-19(20-2)25(3)12-18-22-15-6-4-5-7-16(15)27-18/h14H,4-12H2,1-3H3,(H,20,21). The van der Waals surface area contributed by atoms with Crippen LogP contribution < -0.4 is 5.32 Å². The van der Waals surface area contributed by atoms with Gasteiger partial charge in [-0.15, -0.1) is 21.5 Å². The van der Waals surface area contributed by atoms with Gasteiger partial charge in [0, 0.05) is 38.5 Å². The van der Waals surface area contributed by atoms with Crippen LogP contribution in [0.15, 0.2) is 4.99 Å². The van der Waals surface area contributed by atoms with Crippen LogP contribution in [0.1, 0.15) is 46.5 Å². The highest BCUT2D eigenvalue weighted by Crippen LogP contribution is 2.27. The number of aryl methyl sites for hydroxylation is 4. The topological polar surface area (TPSA) is 71.2 Å². The lowest BCUT2D eigenvalue weighted by Crippen LogP contribution is -2.42. The second-order valence-electron chi connectivity index (χ2n) is 7.65. The molecule has 1 N–H and O–H groups in total. The van der Waals surface area contributed by atoms with Gasteiger partial charge in [-0.05, 0) is 44.9 Å². The van der Waals surface area contributed by atoms with E-state index in [1.54, 1.807) is 0 Å². The predicted octanol–water partition coefficient (Wildman–Crippen LogP) is 2.19. The van der Waals surface area contributed by atoms with Crippen molar-refractivity contribution in [2.24, 2.45) is 10.9 Å². The van der Waals surface area contributed by atoms with Crippen molar-refractivity contribution in [3.05, 3.63) is 27.2 Å². The van der Waals surface area contributed by atoms with Crippen LogP contribution in [-0.4, -0.2) is 51.2 Å². The van der Waals surface area contributed by atoms with Crippen LogP contribution in [0.5, 0.6) is 0 Å². The molecule has 0 aromatic carbocycles. The fourth-order valence-electron chi connectivity index (χ4n) is 4.07.